The Morgan fingerprint density at radius 1 is 0.962 bits per heavy atom. The summed E-state index contributed by atoms with van der Waals surface area (Å²) in [6.45, 7) is 2.53. The summed E-state index contributed by atoms with van der Waals surface area (Å²) in [6.07, 6.45) is 9.64. The van der Waals surface area contributed by atoms with Crippen molar-refractivity contribution >= 4 is 10.1 Å². The molecule has 26 heavy (non-hydrogen) atoms. The fourth-order valence-electron chi connectivity index (χ4n) is 2.83. The number of unbranched alkanes of at least 4 members (excludes halogenated alkanes) is 6. The van der Waals surface area contributed by atoms with Crippen LogP contribution in [0.1, 0.15) is 75.5 Å². The van der Waals surface area contributed by atoms with Crippen molar-refractivity contribution in [3.05, 3.63) is 35.4 Å². The Morgan fingerprint density at radius 3 is 2.19 bits per heavy atom. The van der Waals surface area contributed by atoms with E-state index in [4.69, 9.17) is 9.29 Å². The van der Waals surface area contributed by atoms with Crippen molar-refractivity contribution in [3.63, 3.8) is 0 Å². The van der Waals surface area contributed by atoms with Gasteiger partial charge in [0.1, 0.15) is 6.10 Å². The highest BCUT2D eigenvalue weighted by Gasteiger charge is 2.09. The van der Waals surface area contributed by atoms with Crippen molar-refractivity contribution in [2.24, 2.45) is 0 Å². The van der Waals surface area contributed by atoms with Gasteiger partial charge in [0.15, 0.2) is 0 Å². The molecule has 0 aliphatic rings. The predicted molar refractivity (Wildman–Crippen MR) is 105 cm³/mol. The third-order valence-corrected chi connectivity index (χ3v) is 5.20. The van der Waals surface area contributed by atoms with Crippen LogP contribution in [0.25, 0.3) is 0 Å². The fraction of sp³-hybridized carbons (Fsp3) is 0.700. The van der Waals surface area contributed by atoms with Crippen LogP contribution in [0.15, 0.2) is 24.3 Å². The van der Waals surface area contributed by atoms with Gasteiger partial charge in [-0.05, 0) is 30.4 Å². The number of ether oxygens (including phenoxy) is 1. The van der Waals surface area contributed by atoms with E-state index in [1.807, 2.05) is 24.3 Å². The van der Waals surface area contributed by atoms with Crippen LogP contribution in [0, 0.1) is 0 Å². The highest BCUT2D eigenvalue weighted by atomic mass is 32.2. The lowest BCUT2D eigenvalue weighted by atomic mass is 10.0. The van der Waals surface area contributed by atoms with Crippen molar-refractivity contribution in [2.45, 2.75) is 70.8 Å². The zero-order valence-corrected chi connectivity index (χ0v) is 16.7. The van der Waals surface area contributed by atoms with Gasteiger partial charge in [0.2, 0.25) is 0 Å². The quantitative estimate of drug-likeness (QED) is 0.347. The Hall–Kier alpha value is -0.950. The first-order chi connectivity index (χ1) is 12.4. The van der Waals surface area contributed by atoms with E-state index >= 15 is 0 Å². The number of rotatable bonds is 15. The minimum atomic E-state index is -3.94. The Labute approximate surface area is 158 Å². The molecule has 150 valence electrons. The van der Waals surface area contributed by atoms with Crippen molar-refractivity contribution in [1.29, 1.82) is 0 Å². The molecule has 0 radical (unpaired) electrons. The molecule has 0 amide bonds. The summed E-state index contributed by atoms with van der Waals surface area (Å²) in [5.41, 5.74) is 2.08. The molecule has 0 heterocycles. The second kappa shape index (κ2) is 13.3. The zero-order chi connectivity index (χ0) is 19.3. The maximum absolute atomic E-state index is 10.6. The van der Waals surface area contributed by atoms with E-state index in [0.29, 0.717) is 0 Å². The van der Waals surface area contributed by atoms with E-state index in [1.54, 1.807) is 0 Å². The number of aryl methyl sites for hydroxylation is 1. The van der Waals surface area contributed by atoms with Crippen LogP contribution >= 0.6 is 0 Å². The van der Waals surface area contributed by atoms with Crippen molar-refractivity contribution < 1.29 is 22.8 Å². The third-order valence-electron chi connectivity index (χ3n) is 4.40. The molecule has 0 bridgehead atoms. The topological polar surface area (TPSA) is 83.8 Å². The van der Waals surface area contributed by atoms with E-state index in [1.165, 1.54) is 50.5 Å². The normalized spacial score (nSPS) is 13.0. The Morgan fingerprint density at radius 2 is 1.58 bits per heavy atom. The van der Waals surface area contributed by atoms with Gasteiger partial charge in [-0.15, -0.1) is 0 Å². The van der Waals surface area contributed by atoms with E-state index < -0.39 is 16.2 Å². The first-order valence-electron chi connectivity index (χ1n) is 9.72. The minimum Gasteiger partial charge on any atom is -0.386 e. The van der Waals surface area contributed by atoms with Crippen LogP contribution in [0.2, 0.25) is 0 Å². The average molecular weight is 387 g/mol. The summed E-state index contributed by atoms with van der Waals surface area (Å²) in [5.74, 6) is -0.323. The molecule has 0 saturated carbocycles. The minimum absolute atomic E-state index is 0.114. The molecular formula is C20H34O5S. The largest absolute Gasteiger partial charge is 0.386 e. The SMILES string of the molecule is CCCCCCCCCc1ccc(C(O)COCCCS(=O)(=O)O)cc1. The molecule has 0 aliphatic carbocycles. The molecule has 0 fully saturated rings. The van der Waals surface area contributed by atoms with E-state index in [0.717, 1.165) is 12.0 Å². The van der Waals surface area contributed by atoms with Gasteiger partial charge in [-0.2, -0.15) is 8.42 Å². The van der Waals surface area contributed by atoms with Crippen LogP contribution < -0.4 is 0 Å². The molecule has 6 heteroatoms. The van der Waals surface area contributed by atoms with E-state index in [9.17, 15) is 13.5 Å². The molecule has 0 aromatic heterocycles. The van der Waals surface area contributed by atoms with Crippen molar-refractivity contribution in [3.8, 4) is 0 Å². The molecule has 0 spiro atoms. The molecule has 0 saturated heterocycles. The summed E-state index contributed by atoms with van der Waals surface area (Å²) < 4.78 is 35.1. The molecule has 5 nitrogen and oxygen atoms in total. The zero-order valence-electron chi connectivity index (χ0n) is 15.9. The van der Waals surface area contributed by atoms with Crippen LogP contribution in [0.5, 0.6) is 0 Å². The number of benzene rings is 1. The van der Waals surface area contributed by atoms with Gasteiger partial charge in [-0.3, -0.25) is 4.55 Å². The van der Waals surface area contributed by atoms with Gasteiger partial charge in [0.05, 0.1) is 12.4 Å². The lowest BCUT2D eigenvalue weighted by Crippen LogP contribution is -2.11. The third kappa shape index (κ3) is 11.6. The van der Waals surface area contributed by atoms with Gasteiger partial charge in [0, 0.05) is 6.61 Å². The predicted octanol–water partition coefficient (Wildman–Crippen LogP) is 4.31. The molecule has 1 rings (SSSR count). The molecule has 0 aliphatic heterocycles. The van der Waals surface area contributed by atoms with E-state index in [2.05, 4.69) is 6.92 Å². The number of hydrogen-bond acceptors (Lipinski definition) is 4. The number of aliphatic hydroxyl groups excluding tert-OH is 1. The molecule has 2 N–H and O–H groups in total. The maximum Gasteiger partial charge on any atom is 0.264 e. The van der Waals surface area contributed by atoms with Crippen LogP contribution in [0.3, 0.4) is 0 Å². The molecule has 1 aromatic carbocycles. The van der Waals surface area contributed by atoms with Crippen LogP contribution in [-0.2, 0) is 21.3 Å². The van der Waals surface area contributed by atoms with Gasteiger partial charge in [-0.1, -0.05) is 69.7 Å². The standard InChI is InChI=1S/C20H34O5S/c1-2-3-4-5-6-7-8-10-18-11-13-19(14-12-18)20(21)17-25-15-9-16-26(22,23)24/h11-14,20-21H,2-10,15-17H2,1H3,(H,22,23,24). The Balaban J connectivity index is 2.18. The molecule has 1 aromatic rings. The molecule has 1 atom stereocenters. The Kier molecular flexibility index (Phi) is 11.8. The first kappa shape index (κ1) is 23.1. The first-order valence-corrected chi connectivity index (χ1v) is 11.3. The number of aliphatic hydroxyl groups is 1. The second-order valence-corrected chi connectivity index (χ2v) is 8.42. The maximum atomic E-state index is 10.6. The average Bonchev–Trinajstić information content (AvgIpc) is 2.60. The monoisotopic (exact) mass is 386 g/mol. The smallest absolute Gasteiger partial charge is 0.264 e. The summed E-state index contributed by atoms with van der Waals surface area (Å²) in [5, 5.41) is 10.1. The summed E-state index contributed by atoms with van der Waals surface area (Å²) in [6, 6.07) is 7.94. The fourth-order valence-corrected chi connectivity index (χ4v) is 3.31. The molecular weight excluding hydrogens is 352 g/mol. The second-order valence-electron chi connectivity index (χ2n) is 6.84. The van der Waals surface area contributed by atoms with Gasteiger partial charge >= 0.3 is 0 Å². The van der Waals surface area contributed by atoms with Crippen LogP contribution in [-0.4, -0.2) is 37.0 Å². The van der Waals surface area contributed by atoms with Crippen molar-refractivity contribution in [1.82, 2.24) is 0 Å². The van der Waals surface area contributed by atoms with Crippen molar-refractivity contribution in [2.75, 3.05) is 19.0 Å². The van der Waals surface area contributed by atoms with Gasteiger partial charge in [0.25, 0.3) is 10.1 Å². The highest BCUT2D eigenvalue weighted by Crippen LogP contribution is 2.16. The summed E-state index contributed by atoms with van der Waals surface area (Å²) in [7, 11) is -3.94. The van der Waals surface area contributed by atoms with Gasteiger partial charge < -0.3 is 9.84 Å². The number of hydrogen-bond donors (Lipinski definition) is 2. The van der Waals surface area contributed by atoms with Crippen LogP contribution in [0.4, 0.5) is 0 Å². The lowest BCUT2D eigenvalue weighted by Gasteiger charge is -2.12. The lowest BCUT2D eigenvalue weighted by molar-refractivity contribution is 0.0365. The Bertz CT molecular complexity index is 568. The summed E-state index contributed by atoms with van der Waals surface area (Å²) >= 11 is 0. The molecule has 1 unspecified atom stereocenters. The highest BCUT2D eigenvalue weighted by molar-refractivity contribution is 7.85. The van der Waals surface area contributed by atoms with E-state index in [-0.39, 0.29) is 25.4 Å². The van der Waals surface area contributed by atoms with Gasteiger partial charge in [-0.25, -0.2) is 0 Å². The summed E-state index contributed by atoms with van der Waals surface area (Å²) in [4.78, 5) is 0.